The molecule has 1 atom stereocenters. The molecule has 1 aromatic heterocycles. The van der Waals surface area contributed by atoms with E-state index in [4.69, 9.17) is 4.98 Å². The zero-order valence-electron chi connectivity index (χ0n) is 18.1. The van der Waals surface area contributed by atoms with Gasteiger partial charge in [0.15, 0.2) is 0 Å². The minimum absolute atomic E-state index is 0.176. The lowest BCUT2D eigenvalue weighted by Gasteiger charge is -2.32. The van der Waals surface area contributed by atoms with Gasteiger partial charge in [-0.2, -0.15) is 0 Å². The Morgan fingerprint density at radius 2 is 1.85 bits per heavy atom. The molecule has 1 unspecified atom stereocenters. The number of benzene rings is 2. The SMILES string of the molecule is O=C(CN1C(=O)NC2(CCc3ccccc32)C1=O)N1CCC(c2nc3ccccc3s2)CC1. The third-order valence-corrected chi connectivity index (χ3v) is 8.42. The Kier molecular flexibility index (Phi) is 4.72. The van der Waals surface area contributed by atoms with E-state index in [2.05, 4.69) is 11.4 Å². The summed E-state index contributed by atoms with van der Waals surface area (Å²) >= 11 is 1.72. The van der Waals surface area contributed by atoms with Gasteiger partial charge in [0, 0.05) is 19.0 Å². The first-order valence-electron chi connectivity index (χ1n) is 11.4. The van der Waals surface area contributed by atoms with Gasteiger partial charge >= 0.3 is 6.03 Å². The minimum Gasteiger partial charge on any atom is -0.341 e. The van der Waals surface area contributed by atoms with Crippen LogP contribution in [-0.2, 0) is 21.5 Å². The van der Waals surface area contributed by atoms with Gasteiger partial charge in [-0.3, -0.25) is 14.5 Å². The van der Waals surface area contributed by atoms with Gasteiger partial charge in [0.25, 0.3) is 5.91 Å². The summed E-state index contributed by atoms with van der Waals surface area (Å²) in [5.41, 5.74) is 1.94. The number of aromatic nitrogens is 1. The molecule has 0 radical (unpaired) electrons. The number of amides is 4. The van der Waals surface area contributed by atoms with Crippen molar-refractivity contribution in [1.29, 1.82) is 0 Å². The van der Waals surface area contributed by atoms with Crippen molar-refractivity contribution in [1.82, 2.24) is 20.1 Å². The first-order chi connectivity index (χ1) is 16.0. The normalized spacial score (nSPS) is 22.9. The highest BCUT2D eigenvalue weighted by molar-refractivity contribution is 7.18. The third-order valence-electron chi connectivity index (χ3n) is 7.22. The van der Waals surface area contributed by atoms with Gasteiger partial charge in [-0.15, -0.1) is 11.3 Å². The number of aryl methyl sites for hydroxylation is 1. The summed E-state index contributed by atoms with van der Waals surface area (Å²) in [6, 6.07) is 15.4. The first kappa shape index (κ1) is 20.4. The molecule has 2 aromatic carbocycles. The van der Waals surface area contributed by atoms with E-state index in [-0.39, 0.29) is 18.4 Å². The van der Waals surface area contributed by atoms with Crippen LogP contribution >= 0.6 is 11.3 Å². The highest BCUT2D eigenvalue weighted by Gasteiger charge is 2.55. The monoisotopic (exact) mass is 460 g/mol. The van der Waals surface area contributed by atoms with Gasteiger partial charge in [-0.05, 0) is 48.9 Å². The van der Waals surface area contributed by atoms with Crippen LogP contribution in [0.2, 0.25) is 0 Å². The predicted molar refractivity (Wildman–Crippen MR) is 125 cm³/mol. The molecular formula is C25H24N4O3S. The van der Waals surface area contributed by atoms with Gasteiger partial charge in [0.1, 0.15) is 12.1 Å². The number of urea groups is 1. The molecule has 3 heterocycles. The molecule has 1 aliphatic carbocycles. The summed E-state index contributed by atoms with van der Waals surface area (Å²) in [5.74, 6) is -0.152. The number of hydrogen-bond acceptors (Lipinski definition) is 5. The molecule has 33 heavy (non-hydrogen) atoms. The molecule has 4 amide bonds. The van der Waals surface area contributed by atoms with Crippen LogP contribution in [0.3, 0.4) is 0 Å². The van der Waals surface area contributed by atoms with Gasteiger partial charge in [-0.25, -0.2) is 9.78 Å². The van der Waals surface area contributed by atoms with Crippen molar-refractivity contribution in [3.8, 4) is 0 Å². The van der Waals surface area contributed by atoms with Crippen LogP contribution in [-0.4, -0.2) is 52.3 Å². The number of hydrogen-bond donors (Lipinski definition) is 1. The smallest absolute Gasteiger partial charge is 0.325 e. The third kappa shape index (κ3) is 3.23. The Bertz CT molecular complexity index is 1250. The van der Waals surface area contributed by atoms with Crippen molar-refractivity contribution >= 4 is 39.4 Å². The number of nitrogens with zero attached hydrogens (tertiary/aromatic N) is 3. The molecule has 1 spiro atoms. The molecule has 0 saturated carbocycles. The second kappa shape index (κ2) is 7.66. The van der Waals surface area contributed by atoms with Crippen molar-refractivity contribution in [2.24, 2.45) is 0 Å². The molecule has 7 nitrogen and oxygen atoms in total. The van der Waals surface area contributed by atoms with Crippen molar-refractivity contribution in [2.45, 2.75) is 37.1 Å². The summed E-state index contributed by atoms with van der Waals surface area (Å²) in [6.07, 6.45) is 2.95. The topological polar surface area (TPSA) is 82.6 Å². The van der Waals surface area contributed by atoms with Crippen LogP contribution in [0.1, 0.15) is 41.3 Å². The van der Waals surface area contributed by atoms with Crippen molar-refractivity contribution in [3.05, 3.63) is 64.7 Å². The number of para-hydroxylation sites is 1. The lowest BCUT2D eigenvalue weighted by molar-refractivity contribution is -0.139. The number of nitrogens with one attached hydrogen (secondary N) is 1. The molecule has 6 rings (SSSR count). The van der Waals surface area contributed by atoms with E-state index in [9.17, 15) is 14.4 Å². The highest BCUT2D eigenvalue weighted by Crippen LogP contribution is 2.41. The van der Waals surface area contributed by atoms with E-state index in [1.54, 1.807) is 16.2 Å². The van der Waals surface area contributed by atoms with Crippen LogP contribution in [0.4, 0.5) is 4.79 Å². The molecular weight excluding hydrogens is 436 g/mol. The Morgan fingerprint density at radius 3 is 2.67 bits per heavy atom. The van der Waals surface area contributed by atoms with Gasteiger partial charge in [0.2, 0.25) is 5.91 Å². The number of likely N-dealkylation sites (tertiary alicyclic amines) is 1. The number of piperidine rings is 1. The van der Waals surface area contributed by atoms with E-state index >= 15 is 0 Å². The van der Waals surface area contributed by atoms with Crippen LogP contribution in [0.25, 0.3) is 10.2 Å². The highest BCUT2D eigenvalue weighted by atomic mass is 32.1. The van der Waals surface area contributed by atoms with E-state index < -0.39 is 11.6 Å². The second-order valence-electron chi connectivity index (χ2n) is 9.06. The zero-order chi connectivity index (χ0) is 22.6. The Balaban J connectivity index is 1.12. The largest absolute Gasteiger partial charge is 0.341 e. The van der Waals surface area contributed by atoms with Crippen molar-refractivity contribution in [2.75, 3.05) is 19.6 Å². The summed E-state index contributed by atoms with van der Waals surface area (Å²) in [5, 5.41) is 4.02. The second-order valence-corrected chi connectivity index (χ2v) is 10.1. The lowest BCUT2D eigenvalue weighted by atomic mass is 9.92. The molecule has 1 N–H and O–H groups in total. The average Bonchev–Trinajstić information content (AvgIpc) is 3.50. The molecule has 168 valence electrons. The Morgan fingerprint density at radius 1 is 1.09 bits per heavy atom. The first-order valence-corrected chi connectivity index (χ1v) is 12.2. The molecule has 2 fully saturated rings. The minimum atomic E-state index is -1.02. The molecule has 0 bridgehead atoms. The van der Waals surface area contributed by atoms with Crippen LogP contribution in [0, 0.1) is 0 Å². The van der Waals surface area contributed by atoms with E-state index in [1.165, 1.54) is 4.70 Å². The number of imide groups is 1. The number of carbonyl (C=O) groups excluding carboxylic acids is 3. The quantitative estimate of drug-likeness (QED) is 0.608. The van der Waals surface area contributed by atoms with Gasteiger partial charge < -0.3 is 10.2 Å². The fourth-order valence-electron chi connectivity index (χ4n) is 5.41. The summed E-state index contributed by atoms with van der Waals surface area (Å²) < 4.78 is 1.19. The summed E-state index contributed by atoms with van der Waals surface area (Å²) in [4.78, 5) is 46.7. The van der Waals surface area contributed by atoms with Crippen molar-refractivity contribution in [3.63, 3.8) is 0 Å². The maximum absolute atomic E-state index is 13.3. The maximum Gasteiger partial charge on any atom is 0.325 e. The summed E-state index contributed by atoms with van der Waals surface area (Å²) in [6.45, 7) is 1.01. The van der Waals surface area contributed by atoms with Crippen molar-refractivity contribution < 1.29 is 14.4 Å². The predicted octanol–water partition coefficient (Wildman–Crippen LogP) is 3.40. The molecule has 3 aromatic rings. The van der Waals surface area contributed by atoms with Crippen LogP contribution in [0.15, 0.2) is 48.5 Å². The van der Waals surface area contributed by atoms with E-state index in [1.807, 2.05) is 42.5 Å². The van der Waals surface area contributed by atoms with Crippen LogP contribution in [0.5, 0.6) is 0 Å². The Labute approximate surface area is 195 Å². The van der Waals surface area contributed by atoms with Crippen LogP contribution < -0.4 is 5.32 Å². The molecule has 8 heteroatoms. The summed E-state index contributed by atoms with van der Waals surface area (Å²) in [7, 11) is 0. The lowest BCUT2D eigenvalue weighted by Crippen LogP contribution is -2.46. The zero-order valence-corrected chi connectivity index (χ0v) is 18.9. The van der Waals surface area contributed by atoms with E-state index in [0.717, 1.165) is 45.8 Å². The van der Waals surface area contributed by atoms with Gasteiger partial charge in [0.05, 0.1) is 15.2 Å². The molecule has 2 saturated heterocycles. The average molecular weight is 461 g/mol. The maximum atomic E-state index is 13.3. The van der Waals surface area contributed by atoms with Gasteiger partial charge in [-0.1, -0.05) is 36.4 Å². The van der Waals surface area contributed by atoms with E-state index in [0.29, 0.717) is 25.4 Å². The standard InChI is InChI=1S/C25H24N4O3S/c30-21(28-13-10-17(11-14-28)22-26-19-7-3-4-8-20(19)33-22)15-29-23(31)25(27-24(29)32)12-9-16-5-1-2-6-18(16)25/h1-8,17H,9-15H2,(H,27,32). The fourth-order valence-corrected chi connectivity index (χ4v) is 6.55. The molecule has 3 aliphatic rings. The number of carbonyl (C=O) groups is 3. The number of rotatable bonds is 3. The number of fused-ring (bicyclic) bond motifs is 3. The molecule has 2 aliphatic heterocycles. The fraction of sp³-hybridized carbons (Fsp3) is 0.360. The Hall–Kier alpha value is -3.26. The number of thiazole rings is 1.